The van der Waals surface area contributed by atoms with E-state index in [-0.39, 0.29) is 5.91 Å². The number of methoxy groups -OCH3 is 1. The molecule has 1 aliphatic rings. The number of rotatable bonds is 7. The summed E-state index contributed by atoms with van der Waals surface area (Å²) in [4.78, 5) is 14.5. The van der Waals surface area contributed by atoms with Crippen molar-refractivity contribution in [2.45, 2.75) is 25.3 Å². The number of amides is 1. The molecule has 0 radical (unpaired) electrons. The molecule has 2 rings (SSSR count). The summed E-state index contributed by atoms with van der Waals surface area (Å²) in [6.45, 7) is 1.28. The van der Waals surface area contributed by atoms with E-state index in [0.29, 0.717) is 32.0 Å². The van der Waals surface area contributed by atoms with E-state index < -0.39 is 0 Å². The summed E-state index contributed by atoms with van der Waals surface area (Å²) in [5, 5.41) is 0. The zero-order valence-corrected chi connectivity index (χ0v) is 13.4. The van der Waals surface area contributed by atoms with Crippen LogP contribution in [-0.4, -0.2) is 48.6 Å². The highest BCUT2D eigenvalue weighted by Gasteiger charge is 2.26. The molecular formula is C16H24N2O2S. The number of nitrogens with two attached hydrogens (primary N) is 1. The van der Waals surface area contributed by atoms with Crippen LogP contribution in [0.25, 0.3) is 0 Å². The Labute approximate surface area is 131 Å². The Hall–Kier alpha value is -1.20. The van der Waals surface area contributed by atoms with E-state index in [9.17, 15) is 4.79 Å². The minimum Gasteiger partial charge on any atom is -0.399 e. The molecule has 2 N–H and O–H groups in total. The highest BCUT2D eigenvalue weighted by atomic mass is 32.2. The summed E-state index contributed by atoms with van der Waals surface area (Å²) < 4.78 is 5.14. The third-order valence-corrected chi connectivity index (χ3v) is 5.01. The second kappa shape index (κ2) is 8.29. The molecular weight excluding hydrogens is 284 g/mol. The van der Waals surface area contributed by atoms with Crippen LogP contribution in [-0.2, 0) is 16.0 Å². The van der Waals surface area contributed by atoms with Gasteiger partial charge in [-0.25, -0.2) is 0 Å². The highest BCUT2D eigenvalue weighted by molar-refractivity contribution is 7.99. The molecule has 1 heterocycles. The van der Waals surface area contributed by atoms with Gasteiger partial charge in [-0.2, -0.15) is 11.8 Å². The number of thioether (sulfide) groups is 1. The number of anilines is 1. The molecule has 1 aliphatic heterocycles. The Bertz CT molecular complexity index is 461. The van der Waals surface area contributed by atoms with Crippen molar-refractivity contribution in [3.05, 3.63) is 29.8 Å². The normalized spacial score (nSPS) is 17.9. The van der Waals surface area contributed by atoms with Gasteiger partial charge in [0.1, 0.15) is 0 Å². The van der Waals surface area contributed by atoms with Crippen molar-refractivity contribution in [3.8, 4) is 0 Å². The van der Waals surface area contributed by atoms with Crippen molar-refractivity contribution in [2.24, 2.45) is 0 Å². The number of nitrogen functional groups attached to an aromatic ring is 1. The van der Waals surface area contributed by atoms with Crippen LogP contribution in [0.4, 0.5) is 5.69 Å². The monoisotopic (exact) mass is 308 g/mol. The molecule has 4 nitrogen and oxygen atoms in total. The molecule has 5 heteroatoms. The van der Waals surface area contributed by atoms with Gasteiger partial charge in [-0.15, -0.1) is 0 Å². The summed E-state index contributed by atoms with van der Waals surface area (Å²) in [5.41, 5.74) is 7.76. The molecule has 1 atom stereocenters. The van der Waals surface area contributed by atoms with Gasteiger partial charge in [0.2, 0.25) is 5.91 Å². The highest BCUT2D eigenvalue weighted by Crippen LogP contribution is 2.23. The molecule has 0 saturated carbocycles. The van der Waals surface area contributed by atoms with Crippen LogP contribution in [0.15, 0.2) is 24.3 Å². The lowest BCUT2D eigenvalue weighted by atomic mass is 10.1. The van der Waals surface area contributed by atoms with E-state index in [1.54, 1.807) is 7.11 Å². The predicted molar refractivity (Wildman–Crippen MR) is 88.5 cm³/mol. The predicted octanol–water partition coefficient (Wildman–Crippen LogP) is 2.18. The van der Waals surface area contributed by atoms with Crippen molar-refractivity contribution in [1.82, 2.24) is 4.90 Å². The van der Waals surface area contributed by atoms with Crippen LogP contribution < -0.4 is 5.73 Å². The number of ether oxygens (including phenoxy) is 1. The van der Waals surface area contributed by atoms with Crippen LogP contribution in [0, 0.1) is 0 Å². The minimum atomic E-state index is 0.211. The Balaban J connectivity index is 1.92. The van der Waals surface area contributed by atoms with Crippen molar-refractivity contribution < 1.29 is 9.53 Å². The van der Waals surface area contributed by atoms with E-state index in [0.717, 1.165) is 29.2 Å². The molecule has 21 heavy (non-hydrogen) atoms. The van der Waals surface area contributed by atoms with Gasteiger partial charge in [0, 0.05) is 37.6 Å². The van der Waals surface area contributed by atoms with Crippen LogP contribution in [0.1, 0.15) is 18.4 Å². The van der Waals surface area contributed by atoms with Crippen molar-refractivity contribution in [1.29, 1.82) is 0 Å². The molecule has 1 unspecified atom stereocenters. The average molecular weight is 308 g/mol. The maximum atomic E-state index is 12.5. The van der Waals surface area contributed by atoms with Gasteiger partial charge < -0.3 is 15.4 Å². The standard InChI is InChI=1S/C16H24N2O2S/c1-20-10-9-18(14-8-11-21-12-14)16(19)7-6-13-4-2-3-5-15(13)17/h2-5,14H,6-12,17H2,1H3. The van der Waals surface area contributed by atoms with E-state index in [1.807, 2.05) is 40.9 Å². The van der Waals surface area contributed by atoms with Crippen LogP contribution >= 0.6 is 11.8 Å². The lowest BCUT2D eigenvalue weighted by Gasteiger charge is -2.28. The van der Waals surface area contributed by atoms with Crippen LogP contribution in [0.5, 0.6) is 0 Å². The first-order chi connectivity index (χ1) is 10.2. The first-order valence-corrected chi connectivity index (χ1v) is 8.57. The van der Waals surface area contributed by atoms with Crippen molar-refractivity contribution in [2.75, 3.05) is 37.5 Å². The largest absolute Gasteiger partial charge is 0.399 e. The lowest BCUT2D eigenvalue weighted by molar-refractivity contribution is -0.133. The van der Waals surface area contributed by atoms with Gasteiger partial charge in [-0.05, 0) is 30.2 Å². The second-order valence-electron chi connectivity index (χ2n) is 5.30. The summed E-state index contributed by atoms with van der Waals surface area (Å²) in [6, 6.07) is 8.13. The fourth-order valence-electron chi connectivity index (χ4n) is 2.62. The van der Waals surface area contributed by atoms with E-state index >= 15 is 0 Å². The van der Waals surface area contributed by atoms with Gasteiger partial charge in [-0.1, -0.05) is 18.2 Å². The van der Waals surface area contributed by atoms with Gasteiger partial charge in [0.15, 0.2) is 0 Å². The zero-order valence-electron chi connectivity index (χ0n) is 12.6. The van der Waals surface area contributed by atoms with Crippen molar-refractivity contribution in [3.63, 3.8) is 0 Å². The van der Waals surface area contributed by atoms with E-state index in [1.165, 1.54) is 0 Å². The van der Waals surface area contributed by atoms with Gasteiger partial charge >= 0.3 is 0 Å². The first kappa shape index (κ1) is 16.2. The molecule has 1 aromatic carbocycles. The topological polar surface area (TPSA) is 55.6 Å². The molecule has 0 aromatic heterocycles. The summed E-state index contributed by atoms with van der Waals surface area (Å²) in [5.74, 6) is 2.40. The number of hydrogen-bond donors (Lipinski definition) is 1. The third kappa shape index (κ3) is 4.64. The molecule has 1 saturated heterocycles. The SMILES string of the molecule is COCCN(C(=O)CCc1ccccc1N)C1CCSC1. The fraction of sp³-hybridized carbons (Fsp3) is 0.562. The third-order valence-electron chi connectivity index (χ3n) is 3.87. The molecule has 1 aromatic rings. The lowest BCUT2D eigenvalue weighted by Crippen LogP contribution is -2.42. The number of nitrogens with zero attached hydrogens (tertiary/aromatic N) is 1. The first-order valence-electron chi connectivity index (χ1n) is 7.42. The minimum absolute atomic E-state index is 0.211. The zero-order chi connectivity index (χ0) is 15.1. The van der Waals surface area contributed by atoms with Gasteiger partial charge in [0.25, 0.3) is 0 Å². The second-order valence-corrected chi connectivity index (χ2v) is 6.45. The van der Waals surface area contributed by atoms with Crippen LogP contribution in [0.3, 0.4) is 0 Å². The van der Waals surface area contributed by atoms with E-state index in [2.05, 4.69) is 0 Å². The summed E-state index contributed by atoms with van der Waals surface area (Å²) >= 11 is 1.92. The molecule has 116 valence electrons. The molecule has 1 amide bonds. The Morgan fingerprint density at radius 2 is 2.29 bits per heavy atom. The number of para-hydroxylation sites is 1. The van der Waals surface area contributed by atoms with E-state index in [4.69, 9.17) is 10.5 Å². The Morgan fingerprint density at radius 3 is 2.95 bits per heavy atom. The number of carbonyl (C=O) groups excluding carboxylic acids is 1. The molecule has 0 spiro atoms. The number of benzene rings is 1. The van der Waals surface area contributed by atoms with Crippen molar-refractivity contribution >= 4 is 23.4 Å². The van der Waals surface area contributed by atoms with Crippen LogP contribution in [0.2, 0.25) is 0 Å². The summed E-state index contributed by atoms with van der Waals surface area (Å²) in [6.07, 6.45) is 2.31. The molecule has 0 bridgehead atoms. The maximum Gasteiger partial charge on any atom is 0.223 e. The smallest absolute Gasteiger partial charge is 0.223 e. The number of aryl methyl sites for hydroxylation is 1. The fourth-order valence-corrected chi connectivity index (χ4v) is 3.84. The Morgan fingerprint density at radius 1 is 1.48 bits per heavy atom. The summed E-state index contributed by atoms with van der Waals surface area (Å²) in [7, 11) is 1.68. The Kier molecular flexibility index (Phi) is 6.39. The number of carbonyl (C=O) groups is 1. The van der Waals surface area contributed by atoms with Gasteiger partial charge in [-0.3, -0.25) is 4.79 Å². The molecule has 0 aliphatic carbocycles. The quantitative estimate of drug-likeness (QED) is 0.785. The number of hydrogen-bond acceptors (Lipinski definition) is 4. The maximum absolute atomic E-state index is 12.5. The average Bonchev–Trinajstić information content (AvgIpc) is 3.01. The van der Waals surface area contributed by atoms with Gasteiger partial charge in [0.05, 0.1) is 6.61 Å². The molecule has 1 fully saturated rings.